The molecule has 27 heavy (non-hydrogen) atoms. The van der Waals surface area contributed by atoms with Gasteiger partial charge >= 0.3 is 5.97 Å². The fourth-order valence-electron chi connectivity index (χ4n) is 2.33. The van der Waals surface area contributed by atoms with Gasteiger partial charge < -0.3 is 4.74 Å². The lowest BCUT2D eigenvalue weighted by molar-refractivity contribution is -0.140. The number of nitrogens with zero attached hydrogens (tertiary/aromatic N) is 5. The van der Waals surface area contributed by atoms with Crippen molar-refractivity contribution in [2.75, 3.05) is 12.9 Å². The van der Waals surface area contributed by atoms with E-state index in [-0.39, 0.29) is 17.1 Å². The van der Waals surface area contributed by atoms with Crippen LogP contribution in [-0.2, 0) is 25.9 Å². The van der Waals surface area contributed by atoms with Crippen molar-refractivity contribution in [2.24, 2.45) is 0 Å². The average Bonchev–Trinajstić information content (AvgIpc) is 3.15. The molecule has 0 aliphatic rings. The van der Waals surface area contributed by atoms with Crippen molar-refractivity contribution in [3.8, 4) is 11.4 Å². The Hall–Kier alpha value is -3.14. The molecule has 3 rings (SSSR count). The number of esters is 1. The monoisotopic (exact) mass is 387 g/mol. The minimum Gasteiger partial charge on any atom is -0.469 e. The van der Waals surface area contributed by atoms with Crippen LogP contribution in [0.3, 0.4) is 0 Å². The van der Waals surface area contributed by atoms with Gasteiger partial charge in [0.15, 0.2) is 9.84 Å². The number of carbonyl (C=O) groups excluding carboxylic acids is 1. The Kier molecular flexibility index (Phi) is 5.55. The second-order valence-corrected chi connectivity index (χ2v) is 7.78. The summed E-state index contributed by atoms with van der Waals surface area (Å²) in [6.07, 6.45) is 3.19. The van der Waals surface area contributed by atoms with Crippen LogP contribution in [0.4, 0.5) is 0 Å². The van der Waals surface area contributed by atoms with Gasteiger partial charge in [0.2, 0.25) is 5.82 Å². The summed E-state index contributed by atoms with van der Waals surface area (Å²) in [5.41, 5.74) is 1.63. The summed E-state index contributed by atoms with van der Waals surface area (Å²) >= 11 is 0. The Bertz CT molecular complexity index is 1020. The van der Waals surface area contributed by atoms with E-state index in [9.17, 15) is 13.2 Å². The van der Waals surface area contributed by atoms with Crippen molar-refractivity contribution >= 4 is 15.8 Å². The summed E-state index contributed by atoms with van der Waals surface area (Å²) in [4.78, 5) is 16.7. The van der Waals surface area contributed by atoms with E-state index in [2.05, 4.69) is 25.1 Å². The van der Waals surface area contributed by atoms with Crippen LogP contribution in [0.25, 0.3) is 11.4 Å². The maximum Gasteiger partial charge on any atom is 0.306 e. The van der Waals surface area contributed by atoms with Gasteiger partial charge in [-0.05, 0) is 47.2 Å². The molecule has 3 aromatic rings. The predicted octanol–water partition coefficient (Wildman–Crippen LogP) is 1.12. The zero-order valence-corrected chi connectivity index (χ0v) is 15.3. The number of tetrazole rings is 1. The predicted molar refractivity (Wildman–Crippen MR) is 95.3 cm³/mol. The summed E-state index contributed by atoms with van der Waals surface area (Å²) < 4.78 is 29.0. The lowest BCUT2D eigenvalue weighted by Gasteiger charge is -2.04. The second-order valence-electron chi connectivity index (χ2n) is 5.67. The molecule has 140 valence electrons. The van der Waals surface area contributed by atoms with Crippen LogP contribution in [0.1, 0.15) is 12.0 Å². The first kappa shape index (κ1) is 18.6. The van der Waals surface area contributed by atoms with E-state index >= 15 is 0 Å². The molecule has 0 aliphatic heterocycles. The second kappa shape index (κ2) is 8.04. The first-order chi connectivity index (χ1) is 13.0. The third kappa shape index (κ3) is 4.73. The summed E-state index contributed by atoms with van der Waals surface area (Å²) in [6, 6.07) is 9.86. The molecule has 0 amide bonds. The van der Waals surface area contributed by atoms with Gasteiger partial charge in [0.25, 0.3) is 0 Å². The maximum absolute atomic E-state index is 12.2. The molecule has 2 heterocycles. The fraction of sp³-hybridized carbons (Fsp3) is 0.235. The lowest BCUT2D eigenvalue weighted by atomic mass is 10.2. The summed E-state index contributed by atoms with van der Waals surface area (Å²) in [5.74, 6) is -0.480. The largest absolute Gasteiger partial charge is 0.469 e. The molecule has 0 unspecified atom stereocenters. The molecule has 10 heteroatoms. The van der Waals surface area contributed by atoms with Gasteiger partial charge in [0.1, 0.15) is 0 Å². The smallest absolute Gasteiger partial charge is 0.306 e. The Morgan fingerprint density at radius 2 is 1.81 bits per heavy atom. The van der Waals surface area contributed by atoms with Gasteiger partial charge in [-0.15, -0.1) is 10.2 Å². The summed E-state index contributed by atoms with van der Waals surface area (Å²) in [6.45, 7) is 0.454. The van der Waals surface area contributed by atoms with Crippen molar-refractivity contribution in [1.29, 1.82) is 0 Å². The first-order valence-corrected chi connectivity index (χ1v) is 9.70. The zero-order chi connectivity index (χ0) is 19.3. The minimum atomic E-state index is -3.57. The van der Waals surface area contributed by atoms with Crippen molar-refractivity contribution in [3.05, 3.63) is 54.4 Å². The summed E-state index contributed by atoms with van der Waals surface area (Å²) in [7, 11) is -2.35. The van der Waals surface area contributed by atoms with Crippen LogP contribution >= 0.6 is 0 Å². The number of methoxy groups -OCH3 is 1. The number of benzene rings is 1. The molecule has 2 aromatic heterocycles. The number of hydrogen-bond acceptors (Lipinski definition) is 8. The van der Waals surface area contributed by atoms with Crippen molar-refractivity contribution < 1.29 is 17.9 Å². The van der Waals surface area contributed by atoms with Crippen LogP contribution < -0.4 is 0 Å². The van der Waals surface area contributed by atoms with E-state index in [1.54, 1.807) is 24.5 Å². The van der Waals surface area contributed by atoms with Crippen molar-refractivity contribution in [3.63, 3.8) is 0 Å². The number of rotatable bonds is 7. The molecule has 0 aliphatic carbocycles. The van der Waals surface area contributed by atoms with Crippen LogP contribution in [0, 0.1) is 0 Å². The van der Waals surface area contributed by atoms with E-state index < -0.39 is 15.8 Å². The van der Waals surface area contributed by atoms with Gasteiger partial charge in [-0.1, -0.05) is 0 Å². The van der Waals surface area contributed by atoms with Crippen LogP contribution in [0.2, 0.25) is 0 Å². The molecule has 0 bridgehead atoms. The Balaban J connectivity index is 1.71. The quantitative estimate of drug-likeness (QED) is 0.554. The number of ether oxygens (including phenoxy) is 1. The third-order valence-corrected chi connectivity index (χ3v) is 5.53. The first-order valence-electron chi connectivity index (χ1n) is 8.04. The SMILES string of the molecule is COC(=O)CCS(=O)(=O)c1ccc(-c2nnn(Cc3ccncc3)n2)cc1. The number of carbonyl (C=O) groups is 1. The third-order valence-electron chi connectivity index (χ3n) is 3.80. The Morgan fingerprint density at radius 3 is 2.48 bits per heavy atom. The van der Waals surface area contributed by atoms with Gasteiger partial charge in [0, 0.05) is 18.0 Å². The maximum atomic E-state index is 12.2. The van der Waals surface area contributed by atoms with Gasteiger partial charge in [-0.2, -0.15) is 4.80 Å². The highest BCUT2D eigenvalue weighted by Crippen LogP contribution is 2.19. The highest BCUT2D eigenvalue weighted by Gasteiger charge is 2.17. The standard InChI is InChI=1S/C17H17N5O4S/c1-26-16(23)8-11-27(24,25)15-4-2-14(3-5-15)17-19-21-22(20-17)12-13-6-9-18-10-7-13/h2-7,9-10H,8,11-12H2,1H3. The van der Waals surface area contributed by atoms with Gasteiger partial charge in [-0.3, -0.25) is 9.78 Å². The molecular formula is C17H17N5O4S. The van der Waals surface area contributed by atoms with E-state index in [0.29, 0.717) is 17.9 Å². The highest BCUT2D eigenvalue weighted by molar-refractivity contribution is 7.91. The number of aromatic nitrogens is 5. The number of pyridine rings is 1. The molecule has 0 saturated carbocycles. The lowest BCUT2D eigenvalue weighted by Crippen LogP contribution is -2.12. The topological polar surface area (TPSA) is 117 Å². The molecule has 0 saturated heterocycles. The van der Waals surface area contributed by atoms with Crippen molar-refractivity contribution in [1.82, 2.24) is 25.2 Å². The van der Waals surface area contributed by atoms with Crippen LogP contribution in [0.15, 0.2) is 53.7 Å². The molecule has 0 radical (unpaired) electrons. The number of hydrogen-bond donors (Lipinski definition) is 0. The molecule has 9 nitrogen and oxygen atoms in total. The molecule has 0 atom stereocenters. The van der Waals surface area contributed by atoms with E-state index in [1.165, 1.54) is 24.0 Å². The fourth-order valence-corrected chi connectivity index (χ4v) is 3.55. The van der Waals surface area contributed by atoms with Gasteiger partial charge in [0.05, 0.1) is 30.7 Å². The van der Waals surface area contributed by atoms with E-state index in [1.807, 2.05) is 12.1 Å². The average molecular weight is 387 g/mol. The molecule has 0 N–H and O–H groups in total. The summed E-state index contributed by atoms with van der Waals surface area (Å²) in [5, 5.41) is 12.3. The van der Waals surface area contributed by atoms with E-state index in [4.69, 9.17) is 0 Å². The normalized spacial score (nSPS) is 11.3. The van der Waals surface area contributed by atoms with Crippen LogP contribution in [-0.4, -0.2) is 52.4 Å². The zero-order valence-electron chi connectivity index (χ0n) is 14.5. The Labute approximate surface area is 155 Å². The highest BCUT2D eigenvalue weighted by atomic mass is 32.2. The molecular weight excluding hydrogens is 370 g/mol. The number of sulfone groups is 1. The molecule has 0 spiro atoms. The van der Waals surface area contributed by atoms with E-state index in [0.717, 1.165) is 5.56 Å². The van der Waals surface area contributed by atoms with Crippen molar-refractivity contribution in [2.45, 2.75) is 17.9 Å². The molecule has 1 aromatic carbocycles. The van der Waals surface area contributed by atoms with Crippen LogP contribution in [0.5, 0.6) is 0 Å². The Morgan fingerprint density at radius 1 is 1.11 bits per heavy atom. The molecule has 0 fully saturated rings. The van der Waals surface area contributed by atoms with Gasteiger partial charge in [-0.25, -0.2) is 8.42 Å². The minimum absolute atomic E-state index is 0.124.